The minimum atomic E-state index is -3.96. The van der Waals surface area contributed by atoms with Crippen LogP contribution in [-0.4, -0.2) is 37.3 Å². The number of aliphatic hydroxyl groups is 1. The number of ether oxygens (including phenoxy) is 1. The van der Waals surface area contributed by atoms with Crippen molar-refractivity contribution in [1.82, 2.24) is 4.98 Å². The standard InChI is InChI=1S/C21H27N3O5S/c22-30(26,27)28-10-8-15-11-17(12-20(15)25)29-16-7-9-23-21(13-16)24-19-6-5-14-3-1-2-4-18(14)19/h1-4,7,9,13,15,17,19-20,25H,5-6,8,10-12H2,(H,23,24)(H2,22,26,27)/t15-,17-,19+,20+/m1/s1. The Kier molecular flexibility index (Phi) is 6.24. The molecule has 2 aromatic rings. The molecule has 4 atom stereocenters. The fourth-order valence-corrected chi connectivity index (χ4v) is 4.74. The Bertz CT molecular complexity index is 984. The number of anilines is 1. The minimum absolute atomic E-state index is 0.0422. The van der Waals surface area contributed by atoms with Gasteiger partial charge in [-0.15, -0.1) is 0 Å². The first-order valence-electron chi connectivity index (χ1n) is 10.2. The first kappa shape index (κ1) is 21.0. The van der Waals surface area contributed by atoms with E-state index in [9.17, 15) is 13.5 Å². The summed E-state index contributed by atoms with van der Waals surface area (Å²) in [5.74, 6) is 1.36. The molecule has 0 saturated heterocycles. The van der Waals surface area contributed by atoms with Gasteiger partial charge in [-0.25, -0.2) is 10.1 Å². The third-order valence-electron chi connectivity index (χ3n) is 5.84. The molecule has 1 heterocycles. The molecule has 1 saturated carbocycles. The zero-order valence-electron chi connectivity index (χ0n) is 16.6. The number of benzene rings is 1. The first-order valence-corrected chi connectivity index (χ1v) is 11.7. The van der Waals surface area contributed by atoms with E-state index in [1.165, 1.54) is 11.1 Å². The second-order valence-corrected chi connectivity index (χ2v) is 9.17. The molecular weight excluding hydrogens is 406 g/mol. The second-order valence-electron chi connectivity index (χ2n) is 7.95. The summed E-state index contributed by atoms with van der Waals surface area (Å²) in [6.45, 7) is -0.0422. The molecule has 1 fully saturated rings. The monoisotopic (exact) mass is 433 g/mol. The van der Waals surface area contributed by atoms with Crippen molar-refractivity contribution in [2.24, 2.45) is 11.1 Å². The van der Waals surface area contributed by atoms with Crippen LogP contribution in [0.3, 0.4) is 0 Å². The fraction of sp³-hybridized carbons (Fsp3) is 0.476. The van der Waals surface area contributed by atoms with E-state index in [1.54, 1.807) is 12.3 Å². The summed E-state index contributed by atoms with van der Waals surface area (Å²) in [6.07, 6.45) is 4.60. The summed E-state index contributed by atoms with van der Waals surface area (Å²) >= 11 is 0. The number of fused-ring (bicyclic) bond motifs is 1. The molecule has 0 spiro atoms. The van der Waals surface area contributed by atoms with Crippen LogP contribution in [0.2, 0.25) is 0 Å². The van der Waals surface area contributed by atoms with Gasteiger partial charge in [0.25, 0.3) is 0 Å². The largest absolute Gasteiger partial charge is 0.490 e. The van der Waals surface area contributed by atoms with E-state index in [1.807, 2.05) is 6.07 Å². The molecule has 4 rings (SSSR count). The Hall–Kier alpha value is -2.20. The van der Waals surface area contributed by atoms with Crippen molar-refractivity contribution in [1.29, 1.82) is 0 Å². The van der Waals surface area contributed by atoms with Crippen LogP contribution in [0.15, 0.2) is 42.6 Å². The smallest absolute Gasteiger partial charge is 0.333 e. The molecule has 2 aliphatic rings. The molecule has 2 aliphatic carbocycles. The van der Waals surface area contributed by atoms with E-state index in [0.717, 1.165) is 18.7 Å². The predicted molar refractivity (Wildman–Crippen MR) is 112 cm³/mol. The van der Waals surface area contributed by atoms with Gasteiger partial charge in [0.05, 0.1) is 18.8 Å². The highest BCUT2D eigenvalue weighted by Crippen LogP contribution is 2.35. The lowest BCUT2D eigenvalue weighted by Crippen LogP contribution is -2.20. The maximum absolute atomic E-state index is 10.9. The van der Waals surface area contributed by atoms with Crippen LogP contribution in [-0.2, 0) is 20.9 Å². The number of hydrogen-bond acceptors (Lipinski definition) is 7. The molecule has 0 unspecified atom stereocenters. The zero-order valence-corrected chi connectivity index (χ0v) is 17.4. The van der Waals surface area contributed by atoms with Crippen molar-refractivity contribution in [3.63, 3.8) is 0 Å². The number of hydrogen-bond donors (Lipinski definition) is 3. The molecular formula is C21H27N3O5S. The SMILES string of the molecule is NS(=O)(=O)OCC[C@@H]1C[C@@H](Oc2ccnc(N[C@H]3CCc4ccccc43)c2)C[C@@H]1O. The van der Waals surface area contributed by atoms with Crippen LogP contribution in [0, 0.1) is 5.92 Å². The Morgan fingerprint density at radius 2 is 2.07 bits per heavy atom. The third kappa shape index (κ3) is 5.28. The Morgan fingerprint density at radius 3 is 2.90 bits per heavy atom. The lowest BCUT2D eigenvalue weighted by Gasteiger charge is -2.17. The van der Waals surface area contributed by atoms with E-state index < -0.39 is 16.4 Å². The Labute approximate surface area is 176 Å². The quantitative estimate of drug-likeness (QED) is 0.583. The maximum Gasteiger partial charge on any atom is 0.333 e. The van der Waals surface area contributed by atoms with E-state index in [-0.39, 0.29) is 24.7 Å². The average molecular weight is 434 g/mol. The molecule has 1 aromatic carbocycles. The molecule has 0 bridgehead atoms. The van der Waals surface area contributed by atoms with Crippen LogP contribution in [0.5, 0.6) is 5.75 Å². The lowest BCUT2D eigenvalue weighted by molar-refractivity contribution is 0.113. The third-order valence-corrected chi connectivity index (χ3v) is 6.33. The number of nitrogens with zero attached hydrogens (tertiary/aromatic N) is 1. The molecule has 0 radical (unpaired) electrons. The van der Waals surface area contributed by atoms with Crippen molar-refractivity contribution in [3.05, 3.63) is 53.7 Å². The van der Waals surface area contributed by atoms with Crippen LogP contribution in [0.25, 0.3) is 0 Å². The highest BCUT2D eigenvalue weighted by Gasteiger charge is 2.34. The number of rotatable bonds is 8. The van der Waals surface area contributed by atoms with Gasteiger partial charge in [0.1, 0.15) is 17.7 Å². The van der Waals surface area contributed by atoms with Gasteiger partial charge in [-0.3, -0.25) is 4.18 Å². The van der Waals surface area contributed by atoms with Gasteiger partial charge < -0.3 is 15.2 Å². The van der Waals surface area contributed by atoms with Gasteiger partial charge in [0, 0.05) is 18.7 Å². The van der Waals surface area contributed by atoms with E-state index in [0.29, 0.717) is 25.0 Å². The van der Waals surface area contributed by atoms with Gasteiger partial charge in [0.15, 0.2) is 0 Å². The van der Waals surface area contributed by atoms with E-state index in [4.69, 9.17) is 9.88 Å². The van der Waals surface area contributed by atoms with Crippen molar-refractivity contribution >= 4 is 16.1 Å². The summed E-state index contributed by atoms with van der Waals surface area (Å²) in [4.78, 5) is 4.42. The molecule has 0 aliphatic heterocycles. The normalized spacial score (nSPS) is 25.8. The zero-order chi connectivity index (χ0) is 21.1. The maximum atomic E-state index is 10.9. The van der Waals surface area contributed by atoms with Crippen molar-refractivity contribution in [2.75, 3.05) is 11.9 Å². The highest BCUT2D eigenvalue weighted by atomic mass is 32.2. The summed E-state index contributed by atoms with van der Waals surface area (Å²) < 4.78 is 32.4. The number of nitrogens with two attached hydrogens (primary N) is 1. The van der Waals surface area contributed by atoms with Crippen LogP contribution in [0.4, 0.5) is 5.82 Å². The Balaban J connectivity index is 1.33. The summed E-state index contributed by atoms with van der Waals surface area (Å²) in [5.41, 5.74) is 2.69. The van der Waals surface area contributed by atoms with Crippen molar-refractivity contribution in [2.45, 2.75) is 50.4 Å². The molecule has 8 nitrogen and oxygen atoms in total. The number of aliphatic hydroxyl groups excluding tert-OH is 1. The molecule has 9 heteroatoms. The van der Waals surface area contributed by atoms with Crippen molar-refractivity contribution in [3.8, 4) is 5.75 Å². The first-order chi connectivity index (χ1) is 14.4. The summed E-state index contributed by atoms with van der Waals surface area (Å²) in [6, 6.07) is 12.4. The van der Waals surface area contributed by atoms with Crippen molar-refractivity contribution < 1.29 is 22.4 Å². The van der Waals surface area contributed by atoms with E-state index >= 15 is 0 Å². The highest BCUT2D eigenvalue weighted by molar-refractivity contribution is 7.84. The summed E-state index contributed by atoms with van der Waals surface area (Å²) in [5, 5.41) is 18.6. The lowest BCUT2D eigenvalue weighted by atomic mass is 10.0. The number of aromatic nitrogens is 1. The molecule has 30 heavy (non-hydrogen) atoms. The average Bonchev–Trinajstić information content (AvgIpc) is 3.25. The fourth-order valence-electron chi connectivity index (χ4n) is 4.42. The van der Waals surface area contributed by atoms with Gasteiger partial charge in [-0.1, -0.05) is 24.3 Å². The summed E-state index contributed by atoms with van der Waals surface area (Å²) in [7, 11) is -3.96. The molecule has 162 valence electrons. The Morgan fingerprint density at radius 1 is 1.23 bits per heavy atom. The molecule has 0 amide bonds. The van der Waals surface area contributed by atoms with E-state index in [2.05, 4.69) is 38.7 Å². The molecule has 1 aromatic heterocycles. The number of pyridine rings is 1. The van der Waals surface area contributed by atoms with Gasteiger partial charge in [-0.05, 0) is 48.8 Å². The predicted octanol–water partition coefficient (Wildman–Crippen LogP) is 2.31. The topological polar surface area (TPSA) is 124 Å². The van der Waals surface area contributed by atoms with Gasteiger partial charge in [0.2, 0.25) is 0 Å². The number of aryl methyl sites for hydroxylation is 1. The number of nitrogens with one attached hydrogen (secondary N) is 1. The minimum Gasteiger partial charge on any atom is -0.490 e. The second kappa shape index (κ2) is 8.89. The van der Waals surface area contributed by atoms with Crippen LogP contribution >= 0.6 is 0 Å². The molecule has 4 N–H and O–H groups in total. The van der Waals surface area contributed by atoms with Gasteiger partial charge >= 0.3 is 10.3 Å². The van der Waals surface area contributed by atoms with Gasteiger partial charge in [-0.2, -0.15) is 8.42 Å². The van der Waals surface area contributed by atoms with Crippen LogP contribution in [0.1, 0.15) is 42.9 Å². The van der Waals surface area contributed by atoms with Crippen LogP contribution < -0.4 is 15.2 Å².